The molecule has 1 heterocycles. The number of carbonyl (C=O) groups is 2. The van der Waals surface area contributed by atoms with Crippen molar-refractivity contribution in [1.82, 2.24) is 0 Å². The Kier molecular flexibility index (Phi) is 7.01. The number of halogens is 3. The molecule has 0 atom stereocenters. The number of nitrogens with two attached hydrogens (primary N) is 1. The molecular weight excluding hydrogens is 449 g/mol. The molecule has 2 aromatic rings. The van der Waals surface area contributed by atoms with Crippen LogP contribution in [-0.2, 0) is 20.4 Å². The van der Waals surface area contributed by atoms with E-state index in [1.54, 1.807) is 4.90 Å². The lowest BCUT2D eigenvalue weighted by Gasteiger charge is -2.31. The topological polar surface area (TPSA) is 137 Å². The third-order valence-electron chi connectivity index (χ3n) is 4.75. The SMILES string of the molecule is Nc1cc([N+](=O)[O-])ccc1C(=O)OCC(=O)Nc1cc(C(F)(F)F)ccc1N1CCOCC1. The number of benzene rings is 2. The molecule has 0 unspecified atom stereocenters. The Morgan fingerprint density at radius 3 is 2.48 bits per heavy atom. The first-order valence-electron chi connectivity index (χ1n) is 9.61. The zero-order chi connectivity index (χ0) is 24.2. The number of nitro groups is 1. The number of nitrogen functional groups attached to an aromatic ring is 1. The van der Waals surface area contributed by atoms with Gasteiger partial charge in [0, 0.05) is 25.2 Å². The van der Waals surface area contributed by atoms with Gasteiger partial charge in [-0.2, -0.15) is 13.2 Å². The van der Waals surface area contributed by atoms with Crippen LogP contribution in [0, 0.1) is 10.1 Å². The lowest BCUT2D eigenvalue weighted by Crippen LogP contribution is -2.37. The molecule has 0 aromatic heterocycles. The first-order chi connectivity index (χ1) is 15.6. The zero-order valence-electron chi connectivity index (χ0n) is 17.1. The van der Waals surface area contributed by atoms with E-state index in [2.05, 4.69) is 5.32 Å². The number of rotatable bonds is 6. The Hall–Kier alpha value is -3.87. The summed E-state index contributed by atoms with van der Waals surface area (Å²) in [5.41, 5.74) is 4.20. The van der Waals surface area contributed by atoms with Crippen molar-refractivity contribution in [3.05, 3.63) is 57.6 Å². The van der Waals surface area contributed by atoms with Crippen molar-refractivity contribution >= 4 is 34.6 Å². The highest BCUT2D eigenvalue weighted by Crippen LogP contribution is 2.35. The van der Waals surface area contributed by atoms with Crippen molar-refractivity contribution in [1.29, 1.82) is 0 Å². The molecule has 2 aromatic carbocycles. The molecule has 0 aliphatic carbocycles. The Labute approximate surface area is 185 Å². The third kappa shape index (κ3) is 5.88. The predicted octanol–water partition coefficient (Wildman–Crippen LogP) is 2.83. The fourth-order valence-electron chi connectivity index (χ4n) is 3.14. The highest BCUT2D eigenvalue weighted by Gasteiger charge is 2.32. The van der Waals surface area contributed by atoms with Crippen LogP contribution in [0.3, 0.4) is 0 Å². The Balaban J connectivity index is 1.72. The lowest BCUT2D eigenvalue weighted by atomic mass is 10.1. The molecule has 13 heteroatoms. The molecule has 0 bridgehead atoms. The first-order valence-corrected chi connectivity index (χ1v) is 9.61. The molecule has 1 amide bonds. The van der Waals surface area contributed by atoms with Gasteiger partial charge in [0.2, 0.25) is 0 Å². The number of non-ortho nitro benzene ring substituents is 1. The van der Waals surface area contributed by atoms with Gasteiger partial charge in [-0.3, -0.25) is 14.9 Å². The van der Waals surface area contributed by atoms with E-state index in [0.717, 1.165) is 30.3 Å². The Morgan fingerprint density at radius 2 is 1.88 bits per heavy atom. The van der Waals surface area contributed by atoms with Gasteiger partial charge < -0.3 is 25.4 Å². The molecule has 0 spiro atoms. The second kappa shape index (κ2) is 9.73. The number of anilines is 3. The minimum Gasteiger partial charge on any atom is -0.452 e. The summed E-state index contributed by atoms with van der Waals surface area (Å²) in [6, 6.07) is 6.07. The molecule has 176 valence electrons. The standard InChI is InChI=1S/C20H19F3N4O6/c21-20(22,23)12-1-4-17(26-5-7-32-8-6-26)16(9-12)25-18(28)11-33-19(29)14-3-2-13(27(30)31)10-15(14)24/h1-4,9-10H,5-8,11,24H2,(H,25,28). The summed E-state index contributed by atoms with van der Waals surface area (Å²) < 4.78 is 49.6. The molecule has 3 rings (SSSR count). The van der Waals surface area contributed by atoms with Crippen LogP contribution in [0.5, 0.6) is 0 Å². The van der Waals surface area contributed by atoms with E-state index in [0.29, 0.717) is 32.0 Å². The number of nitrogens with zero attached hydrogens (tertiary/aromatic N) is 2. The highest BCUT2D eigenvalue weighted by molar-refractivity contribution is 5.99. The molecule has 0 radical (unpaired) electrons. The summed E-state index contributed by atoms with van der Waals surface area (Å²) in [7, 11) is 0. The van der Waals surface area contributed by atoms with Crippen molar-refractivity contribution in [2.24, 2.45) is 0 Å². The normalized spacial score (nSPS) is 14.0. The molecule has 1 aliphatic rings. The number of morpholine rings is 1. The summed E-state index contributed by atoms with van der Waals surface area (Å²) in [5.74, 6) is -1.90. The van der Waals surface area contributed by atoms with Gasteiger partial charge in [-0.1, -0.05) is 0 Å². The number of nitro benzene ring substituents is 1. The highest BCUT2D eigenvalue weighted by atomic mass is 19.4. The van der Waals surface area contributed by atoms with Crippen LogP contribution in [0.25, 0.3) is 0 Å². The molecule has 33 heavy (non-hydrogen) atoms. The van der Waals surface area contributed by atoms with Gasteiger partial charge in [0.15, 0.2) is 6.61 Å². The van der Waals surface area contributed by atoms with E-state index in [-0.39, 0.29) is 22.6 Å². The average Bonchev–Trinajstić information content (AvgIpc) is 2.77. The zero-order valence-corrected chi connectivity index (χ0v) is 17.1. The summed E-state index contributed by atoms with van der Waals surface area (Å²) in [6.45, 7) is 0.782. The molecule has 1 saturated heterocycles. The van der Waals surface area contributed by atoms with E-state index in [4.69, 9.17) is 15.2 Å². The van der Waals surface area contributed by atoms with Gasteiger partial charge in [0.1, 0.15) is 0 Å². The Bertz CT molecular complexity index is 1070. The number of esters is 1. The second-order valence-corrected chi connectivity index (χ2v) is 6.98. The lowest BCUT2D eigenvalue weighted by molar-refractivity contribution is -0.384. The fourth-order valence-corrected chi connectivity index (χ4v) is 3.14. The number of alkyl halides is 3. The van der Waals surface area contributed by atoms with Crippen LogP contribution >= 0.6 is 0 Å². The van der Waals surface area contributed by atoms with Crippen LogP contribution in [0.15, 0.2) is 36.4 Å². The number of carbonyl (C=O) groups excluding carboxylic acids is 2. The number of nitrogens with one attached hydrogen (secondary N) is 1. The van der Waals surface area contributed by atoms with E-state index in [1.165, 1.54) is 6.07 Å². The minimum atomic E-state index is -4.62. The number of hydrogen-bond donors (Lipinski definition) is 2. The van der Waals surface area contributed by atoms with Crippen LogP contribution in [0.1, 0.15) is 15.9 Å². The summed E-state index contributed by atoms with van der Waals surface area (Å²) >= 11 is 0. The number of hydrogen-bond acceptors (Lipinski definition) is 8. The second-order valence-electron chi connectivity index (χ2n) is 6.98. The molecule has 1 aliphatic heterocycles. The maximum Gasteiger partial charge on any atom is 0.416 e. The maximum absolute atomic E-state index is 13.2. The maximum atomic E-state index is 13.2. The molecular formula is C20H19F3N4O6. The molecule has 10 nitrogen and oxygen atoms in total. The van der Waals surface area contributed by atoms with Crippen molar-refractivity contribution in [3.8, 4) is 0 Å². The first kappa shape index (κ1) is 23.8. The average molecular weight is 468 g/mol. The molecule has 3 N–H and O–H groups in total. The van der Waals surface area contributed by atoms with Crippen molar-refractivity contribution in [2.45, 2.75) is 6.18 Å². The van der Waals surface area contributed by atoms with Gasteiger partial charge in [-0.05, 0) is 24.3 Å². The monoisotopic (exact) mass is 468 g/mol. The van der Waals surface area contributed by atoms with Crippen LogP contribution < -0.4 is 16.0 Å². The summed E-state index contributed by atoms with van der Waals surface area (Å²) in [4.78, 5) is 36.3. The minimum absolute atomic E-state index is 0.0948. The number of ether oxygens (including phenoxy) is 2. The van der Waals surface area contributed by atoms with E-state index >= 15 is 0 Å². The largest absolute Gasteiger partial charge is 0.452 e. The quantitative estimate of drug-likeness (QED) is 0.286. The van der Waals surface area contributed by atoms with Crippen molar-refractivity contribution < 1.29 is 37.2 Å². The van der Waals surface area contributed by atoms with Crippen molar-refractivity contribution in [2.75, 3.05) is 48.9 Å². The van der Waals surface area contributed by atoms with Gasteiger partial charge >= 0.3 is 12.1 Å². The number of amides is 1. The smallest absolute Gasteiger partial charge is 0.416 e. The Morgan fingerprint density at radius 1 is 1.18 bits per heavy atom. The van der Waals surface area contributed by atoms with Gasteiger partial charge in [-0.25, -0.2) is 4.79 Å². The molecule has 0 saturated carbocycles. The van der Waals surface area contributed by atoms with Gasteiger partial charge in [0.05, 0.1) is 46.3 Å². The van der Waals surface area contributed by atoms with Crippen LogP contribution in [0.4, 0.5) is 35.9 Å². The van der Waals surface area contributed by atoms with Gasteiger partial charge in [-0.15, -0.1) is 0 Å². The third-order valence-corrected chi connectivity index (χ3v) is 4.75. The van der Waals surface area contributed by atoms with E-state index in [9.17, 15) is 32.9 Å². The predicted molar refractivity (Wildman–Crippen MR) is 111 cm³/mol. The van der Waals surface area contributed by atoms with E-state index in [1.807, 2.05) is 0 Å². The van der Waals surface area contributed by atoms with Gasteiger partial charge in [0.25, 0.3) is 11.6 Å². The molecule has 1 fully saturated rings. The summed E-state index contributed by atoms with van der Waals surface area (Å²) in [5, 5.41) is 13.1. The van der Waals surface area contributed by atoms with Crippen molar-refractivity contribution in [3.63, 3.8) is 0 Å². The summed E-state index contributed by atoms with van der Waals surface area (Å²) in [6.07, 6.45) is -4.62. The van der Waals surface area contributed by atoms with E-state index < -0.39 is 35.1 Å². The van der Waals surface area contributed by atoms with Crippen LogP contribution in [-0.4, -0.2) is 49.7 Å². The fraction of sp³-hybridized carbons (Fsp3) is 0.300. The van der Waals surface area contributed by atoms with Crippen LogP contribution in [0.2, 0.25) is 0 Å².